The fourth-order valence-electron chi connectivity index (χ4n) is 0.572. The van der Waals surface area contributed by atoms with Crippen molar-refractivity contribution in [3.05, 3.63) is 17.5 Å². The van der Waals surface area contributed by atoms with Crippen molar-refractivity contribution in [2.45, 2.75) is 19.1 Å². The third kappa shape index (κ3) is 4.12. The van der Waals surface area contributed by atoms with E-state index >= 15 is 0 Å². The van der Waals surface area contributed by atoms with E-state index < -0.39 is 0 Å². The molecule has 0 radical (unpaired) electrons. The highest BCUT2D eigenvalue weighted by Crippen LogP contribution is 2.17. The fourth-order valence-corrected chi connectivity index (χ4v) is 1.06. The molecule has 0 bridgehead atoms. The van der Waals surface area contributed by atoms with Gasteiger partial charge in [-0.3, -0.25) is 0 Å². The number of nitriles is 1. The topological polar surface area (TPSA) is 36.1 Å². The average molecular weight is 196 g/mol. The second-order valence-corrected chi connectivity index (χ2v) is 3.18. The van der Waals surface area contributed by atoms with Crippen molar-refractivity contribution in [2.24, 2.45) is 4.99 Å². The molecular formula is C8H8N2S2. The minimum Gasteiger partial charge on any atom is -0.189 e. The van der Waals surface area contributed by atoms with Gasteiger partial charge in [-0.05, 0) is 43.9 Å². The quantitative estimate of drug-likeness (QED) is 0.301. The predicted molar refractivity (Wildman–Crippen MR) is 55.0 cm³/mol. The number of hydrogen-bond acceptors (Lipinski definition) is 4. The Kier molecular flexibility index (Phi) is 6.37. The van der Waals surface area contributed by atoms with Crippen LogP contribution in [-0.4, -0.2) is 10.4 Å². The Morgan fingerprint density at radius 3 is 2.83 bits per heavy atom. The summed E-state index contributed by atoms with van der Waals surface area (Å²) in [7, 11) is 0. The van der Waals surface area contributed by atoms with E-state index in [1.807, 2.05) is 19.2 Å². The van der Waals surface area contributed by atoms with Crippen molar-refractivity contribution in [1.82, 2.24) is 0 Å². The van der Waals surface area contributed by atoms with Gasteiger partial charge in [0.2, 0.25) is 0 Å². The summed E-state index contributed by atoms with van der Waals surface area (Å²) in [6.45, 7) is 3.71. The number of isothiocyanates is 1. The monoisotopic (exact) mass is 196 g/mol. The number of nitrogens with zero attached hydrogens (tertiary/aromatic N) is 2. The van der Waals surface area contributed by atoms with Gasteiger partial charge in [0, 0.05) is 0 Å². The second kappa shape index (κ2) is 6.84. The molecule has 0 rings (SSSR count). The number of thioether (sulfide) groups is 1. The first-order valence-electron chi connectivity index (χ1n) is 3.30. The van der Waals surface area contributed by atoms with Gasteiger partial charge in [-0.1, -0.05) is 0 Å². The van der Waals surface area contributed by atoms with Crippen LogP contribution in [0.2, 0.25) is 0 Å². The summed E-state index contributed by atoms with van der Waals surface area (Å²) in [5.74, 6) is 0. The third-order valence-electron chi connectivity index (χ3n) is 1.07. The molecule has 0 aliphatic rings. The van der Waals surface area contributed by atoms with E-state index in [-0.39, 0.29) is 5.25 Å². The minimum atomic E-state index is -0.0124. The second-order valence-electron chi connectivity index (χ2n) is 1.87. The molecule has 0 heterocycles. The number of aliphatic imine (C=N–C) groups is 1. The highest BCUT2D eigenvalue weighted by Gasteiger charge is 2.06. The van der Waals surface area contributed by atoms with E-state index in [9.17, 15) is 0 Å². The summed E-state index contributed by atoms with van der Waals surface area (Å²) in [5.41, 5.74) is 3.54. The zero-order valence-electron chi connectivity index (χ0n) is 6.87. The Balaban J connectivity index is 4.66. The van der Waals surface area contributed by atoms with Crippen LogP contribution in [0.5, 0.6) is 0 Å². The Morgan fingerprint density at radius 2 is 2.42 bits per heavy atom. The fraction of sp³-hybridized carbons (Fsp3) is 0.375. The van der Waals surface area contributed by atoms with Gasteiger partial charge in [-0.25, -0.2) is 0 Å². The number of hydrogen-bond donors (Lipinski definition) is 0. The van der Waals surface area contributed by atoms with E-state index in [0.29, 0.717) is 5.70 Å². The maximum absolute atomic E-state index is 8.40. The summed E-state index contributed by atoms with van der Waals surface area (Å²) >= 11 is 5.59. The van der Waals surface area contributed by atoms with Gasteiger partial charge in [0.15, 0.2) is 0 Å². The zero-order chi connectivity index (χ0) is 9.40. The van der Waals surface area contributed by atoms with Crippen molar-refractivity contribution >= 4 is 29.1 Å². The van der Waals surface area contributed by atoms with Crippen LogP contribution in [0.1, 0.15) is 13.8 Å². The Bertz CT molecular complexity index is 289. The molecule has 0 fully saturated rings. The normalized spacial score (nSPS) is 10.1. The number of thiocarbonyl (C=S) groups is 1. The maximum atomic E-state index is 8.40. The lowest BCUT2D eigenvalue weighted by atomic mass is 10.3. The molecule has 4 heteroatoms. The zero-order valence-corrected chi connectivity index (χ0v) is 8.50. The van der Waals surface area contributed by atoms with Gasteiger partial charge in [0.1, 0.15) is 11.1 Å². The SMILES string of the molecule is CC=C=C(N=C=S)C(C)SC#N. The molecule has 0 aliphatic carbocycles. The summed E-state index contributed by atoms with van der Waals surface area (Å²) in [4.78, 5) is 3.80. The molecule has 0 saturated heterocycles. The molecule has 0 saturated carbocycles. The van der Waals surface area contributed by atoms with Crippen molar-refractivity contribution < 1.29 is 0 Å². The molecule has 0 spiro atoms. The van der Waals surface area contributed by atoms with Gasteiger partial charge < -0.3 is 0 Å². The Labute approximate surface area is 81.7 Å². The van der Waals surface area contributed by atoms with Crippen molar-refractivity contribution in [3.63, 3.8) is 0 Å². The minimum absolute atomic E-state index is 0.0124. The van der Waals surface area contributed by atoms with E-state index in [1.54, 1.807) is 6.08 Å². The van der Waals surface area contributed by atoms with Crippen molar-refractivity contribution in [2.75, 3.05) is 0 Å². The van der Waals surface area contributed by atoms with Gasteiger partial charge >= 0.3 is 0 Å². The molecular weight excluding hydrogens is 188 g/mol. The van der Waals surface area contributed by atoms with E-state index in [1.165, 1.54) is 0 Å². The van der Waals surface area contributed by atoms with E-state index in [0.717, 1.165) is 11.8 Å². The lowest BCUT2D eigenvalue weighted by molar-refractivity contribution is 1.10. The number of rotatable bonds is 3. The van der Waals surface area contributed by atoms with Crippen molar-refractivity contribution in [3.8, 4) is 5.40 Å². The summed E-state index contributed by atoms with van der Waals surface area (Å²) in [6, 6.07) is 0. The Hall–Kier alpha value is -0.840. The molecule has 0 N–H and O–H groups in total. The molecule has 0 aromatic carbocycles. The molecule has 0 aromatic heterocycles. The van der Waals surface area contributed by atoms with Crippen LogP contribution in [-0.2, 0) is 0 Å². The van der Waals surface area contributed by atoms with Crippen LogP contribution in [0.15, 0.2) is 22.5 Å². The van der Waals surface area contributed by atoms with Gasteiger partial charge in [0.05, 0.1) is 10.4 Å². The molecule has 12 heavy (non-hydrogen) atoms. The smallest absolute Gasteiger partial charge is 0.134 e. The lowest BCUT2D eigenvalue weighted by Crippen LogP contribution is -1.95. The summed E-state index contributed by atoms with van der Waals surface area (Å²) in [5, 5.41) is 12.6. The molecule has 1 atom stereocenters. The molecule has 1 unspecified atom stereocenters. The highest BCUT2D eigenvalue weighted by molar-refractivity contribution is 8.04. The standard InChI is InChI=1S/C8H8N2S2/c1-3-4-8(10-6-11)7(2)12-5-9/h3,7H,1-2H3. The van der Waals surface area contributed by atoms with Crippen LogP contribution in [0, 0.1) is 10.7 Å². The summed E-state index contributed by atoms with van der Waals surface area (Å²) < 4.78 is 0. The third-order valence-corrected chi connectivity index (χ3v) is 1.85. The average Bonchev–Trinajstić information content (AvgIpc) is 2.04. The van der Waals surface area contributed by atoms with Crippen LogP contribution < -0.4 is 0 Å². The lowest BCUT2D eigenvalue weighted by Gasteiger charge is -2.00. The van der Waals surface area contributed by atoms with Crippen LogP contribution >= 0.6 is 24.0 Å². The molecule has 2 nitrogen and oxygen atoms in total. The number of thiocyanates is 1. The first-order chi connectivity index (χ1) is 5.76. The highest BCUT2D eigenvalue weighted by atomic mass is 32.2. The first kappa shape index (κ1) is 11.2. The van der Waals surface area contributed by atoms with Gasteiger partial charge in [-0.2, -0.15) is 10.3 Å². The maximum Gasteiger partial charge on any atom is 0.134 e. The molecule has 62 valence electrons. The predicted octanol–water partition coefficient (Wildman–Crippen LogP) is 2.75. The van der Waals surface area contributed by atoms with E-state index in [4.69, 9.17) is 5.26 Å². The van der Waals surface area contributed by atoms with Crippen LogP contribution in [0.25, 0.3) is 0 Å². The van der Waals surface area contributed by atoms with Crippen molar-refractivity contribution in [1.29, 1.82) is 5.26 Å². The molecule has 0 aromatic rings. The molecule has 0 aliphatic heterocycles. The largest absolute Gasteiger partial charge is 0.189 e. The van der Waals surface area contributed by atoms with E-state index in [2.05, 4.69) is 28.1 Å². The first-order valence-corrected chi connectivity index (χ1v) is 4.58. The molecule has 0 amide bonds. The Morgan fingerprint density at radius 1 is 1.75 bits per heavy atom. The van der Waals surface area contributed by atoms with Crippen LogP contribution in [0.4, 0.5) is 0 Å². The summed E-state index contributed by atoms with van der Waals surface area (Å²) in [6.07, 6.45) is 1.74. The van der Waals surface area contributed by atoms with Crippen LogP contribution in [0.3, 0.4) is 0 Å². The van der Waals surface area contributed by atoms with Gasteiger partial charge in [0.25, 0.3) is 0 Å². The van der Waals surface area contributed by atoms with Gasteiger partial charge in [-0.15, -0.1) is 5.73 Å².